The molecule has 0 saturated carbocycles. The minimum Gasteiger partial charge on any atom is -0.486 e. The van der Waals surface area contributed by atoms with Gasteiger partial charge >= 0.3 is 5.63 Å². The molecule has 7 heteroatoms. The lowest BCUT2D eigenvalue weighted by molar-refractivity contribution is -0.139. The van der Waals surface area contributed by atoms with Gasteiger partial charge < -0.3 is 14.1 Å². The minimum absolute atomic E-state index is 0.0506. The van der Waals surface area contributed by atoms with Crippen molar-refractivity contribution < 1.29 is 13.9 Å². The number of halogens is 2. The molecule has 1 aromatic heterocycles. The van der Waals surface area contributed by atoms with Gasteiger partial charge in [0.05, 0.1) is 19.2 Å². The number of likely N-dealkylation sites (tertiary alicyclic amines) is 1. The standard InChI is InChI=1S/C18H17Cl2NO4/c1-11-6-14(8-18(23)24-11)25-15-9-21(10-15)17(22)5-3-12-2-4-13(19)7-16(12)20/h2,4,6-8,15H,3,5,9-10H2,1H3. The van der Waals surface area contributed by atoms with Gasteiger partial charge in [-0.05, 0) is 31.0 Å². The molecule has 3 rings (SSSR count). The normalized spacial score (nSPS) is 14.3. The van der Waals surface area contributed by atoms with Gasteiger partial charge in [0.15, 0.2) is 0 Å². The van der Waals surface area contributed by atoms with Crippen LogP contribution in [0.2, 0.25) is 10.0 Å². The van der Waals surface area contributed by atoms with Crippen molar-refractivity contribution in [3.8, 4) is 5.75 Å². The van der Waals surface area contributed by atoms with Crippen LogP contribution in [0.1, 0.15) is 17.7 Å². The molecule has 1 aromatic carbocycles. The van der Waals surface area contributed by atoms with Crippen molar-refractivity contribution in [1.82, 2.24) is 4.90 Å². The summed E-state index contributed by atoms with van der Waals surface area (Å²) in [5.74, 6) is 1.02. The highest BCUT2D eigenvalue weighted by Crippen LogP contribution is 2.23. The number of benzene rings is 1. The summed E-state index contributed by atoms with van der Waals surface area (Å²) in [5.41, 5.74) is 0.460. The Morgan fingerprint density at radius 1 is 1.28 bits per heavy atom. The summed E-state index contributed by atoms with van der Waals surface area (Å²) in [6.45, 7) is 2.70. The zero-order valence-corrected chi connectivity index (χ0v) is 15.1. The molecule has 1 saturated heterocycles. The molecule has 2 aromatic rings. The van der Waals surface area contributed by atoms with Crippen LogP contribution in [-0.4, -0.2) is 30.0 Å². The van der Waals surface area contributed by atoms with Gasteiger partial charge in [-0.1, -0.05) is 29.3 Å². The Morgan fingerprint density at radius 2 is 2.04 bits per heavy atom. The first-order chi connectivity index (χ1) is 11.9. The predicted molar refractivity (Wildman–Crippen MR) is 95.5 cm³/mol. The van der Waals surface area contributed by atoms with Gasteiger partial charge in [-0.2, -0.15) is 0 Å². The van der Waals surface area contributed by atoms with Crippen molar-refractivity contribution in [2.24, 2.45) is 0 Å². The van der Waals surface area contributed by atoms with E-state index in [1.54, 1.807) is 30.0 Å². The summed E-state index contributed by atoms with van der Waals surface area (Å²) < 4.78 is 10.6. The number of rotatable bonds is 5. The quantitative estimate of drug-likeness (QED) is 0.795. The van der Waals surface area contributed by atoms with E-state index in [1.807, 2.05) is 6.07 Å². The van der Waals surface area contributed by atoms with Crippen molar-refractivity contribution in [2.45, 2.75) is 25.9 Å². The Morgan fingerprint density at radius 3 is 2.72 bits per heavy atom. The molecule has 0 N–H and O–H groups in total. The van der Waals surface area contributed by atoms with Crippen molar-refractivity contribution >= 4 is 29.1 Å². The second-order valence-corrected chi connectivity index (χ2v) is 6.84. The molecule has 0 spiro atoms. The molecular formula is C18H17Cl2NO4. The zero-order valence-electron chi connectivity index (χ0n) is 13.6. The van der Waals surface area contributed by atoms with E-state index in [0.29, 0.717) is 47.5 Å². The van der Waals surface area contributed by atoms with Crippen LogP contribution >= 0.6 is 23.2 Å². The summed E-state index contributed by atoms with van der Waals surface area (Å²) in [6.07, 6.45) is 0.835. The molecule has 0 bridgehead atoms. The topological polar surface area (TPSA) is 59.8 Å². The number of hydrogen-bond donors (Lipinski definition) is 0. The summed E-state index contributed by atoms with van der Waals surface area (Å²) in [5, 5.41) is 1.15. The van der Waals surface area contributed by atoms with Crippen molar-refractivity contribution in [1.29, 1.82) is 0 Å². The van der Waals surface area contributed by atoms with Crippen LogP contribution in [0.3, 0.4) is 0 Å². The molecule has 0 radical (unpaired) electrons. The summed E-state index contributed by atoms with van der Waals surface area (Å²) in [6, 6.07) is 8.24. The first-order valence-electron chi connectivity index (χ1n) is 7.91. The average molecular weight is 382 g/mol. The molecule has 1 fully saturated rings. The van der Waals surface area contributed by atoms with E-state index in [2.05, 4.69) is 0 Å². The molecule has 0 unspecified atom stereocenters. The maximum absolute atomic E-state index is 12.2. The smallest absolute Gasteiger partial charge is 0.339 e. The lowest BCUT2D eigenvalue weighted by Crippen LogP contribution is -2.56. The van der Waals surface area contributed by atoms with Crippen LogP contribution in [0.25, 0.3) is 0 Å². The Balaban J connectivity index is 1.47. The number of hydrogen-bond acceptors (Lipinski definition) is 4. The second-order valence-electron chi connectivity index (χ2n) is 6.00. The highest BCUT2D eigenvalue weighted by Gasteiger charge is 2.32. The van der Waals surface area contributed by atoms with Gasteiger partial charge in [-0.3, -0.25) is 4.79 Å². The molecule has 1 amide bonds. The van der Waals surface area contributed by atoms with Crippen molar-refractivity contribution in [3.63, 3.8) is 0 Å². The molecule has 1 aliphatic heterocycles. The van der Waals surface area contributed by atoms with E-state index in [9.17, 15) is 9.59 Å². The van der Waals surface area contributed by atoms with Crippen molar-refractivity contribution in [3.05, 3.63) is 62.1 Å². The average Bonchev–Trinajstić information content (AvgIpc) is 2.48. The van der Waals surface area contributed by atoms with E-state index in [-0.39, 0.29) is 12.0 Å². The number of nitrogens with zero attached hydrogens (tertiary/aromatic N) is 1. The number of aryl methyl sites for hydroxylation is 2. The second kappa shape index (κ2) is 7.50. The highest BCUT2D eigenvalue weighted by atomic mass is 35.5. The van der Waals surface area contributed by atoms with Crippen LogP contribution < -0.4 is 10.4 Å². The lowest BCUT2D eigenvalue weighted by Gasteiger charge is -2.39. The maximum atomic E-state index is 12.2. The molecular weight excluding hydrogens is 365 g/mol. The Bertz CT molecular complexity index is 843. The molecule has 5 nitrogen and oxygen atoms in total. The third-order valence-corrected chi connectivity index (χ3v) is 4.58. The third-order valence-electron chi connectivity index (χ3n) is 3.99. The van der Waals surface area contributed by atoms with Gasteiger partial charge in [-0.15, -0.1) is 0 Å². The number of amides is 1. The van der Waals surface area contributed by atoms with Crippen LogP contribution in [0.4, 0.5) is 0 Å². The molecule has 1 aliphatic rings. The van der Waals surface area contributed by atoms with Gasteiger partial charge in [0.25, 0.3) is 0 Å². The maximum Gasteiger partial charge on any atom is 0.339 e. The summed E-state index contributed by atoms with van der Waals surface area (Å²) in [7, 11) is 0. The zero-order chi connectivity index (χ0) is 18.0. The highest BCUT2D eigenvalue weighted by molar-refractivity contribution is 6.35. The fourth-order valence-corrected chi connectivity index (χ4v) is 3.18. The molecule has 0 aliphatic carbocycles. The first kappa shape index (κ1) is 17.8. The fraction of sp³-hybridized carbons (Fsp3) is 0.333. The van der Waals surface area contributed by atoms with Crippen LogP contribution in [0, 0.1) is 6.92 Å². The van der Waals surface area contributed by atoms with E-state index in [0.717, 1.165) is 5.56 Å². The largest absolute Gasteiger partial charge is 0.486 e. The van der Waals surface area contributed by atoms with Gasteiger partial charge in [-0.25, -0.2) is 4.79 Å². The summed E-state index contributed by atoms with van der Waals surface area (Å²) >= 11 is 12.0. The summed E-state index contributed by atoms with van der Waals surface area (Å²) in [4.78, 5) is 25.3. The van der Waals surface area contributed by atoms with E-state index < -0.39 is 5.63 Å². The van der Waals surface area contributed by atoms with Gasteiger partial charge in [0, 0.05) is 22.5 Å². The lowest BCUT2D eigenvalue weighted by atomic mass is 10.1. The van der Waals surface area contributed by atoms with Gasteiger partial charge in [0.2, 0.25) is 5.91 Å². The Kier molecular flexibility index (Phi) is 5.35. The number of carbonyl (C=O) groups is 1. The Labute approximate surface area is 155 Å². The fourth-order valence-electron chi connectivity index (χ4n) is 2.68. The molecule has 132 valence electrons. The number of ether oxygens (including phenoxy) is 1. The van der Waals surface area contributed by atoms with Crippen LogP contribution in [-0.2, 0) is 11.2 Å². The number of carbonyl (C=O) groups excluding carboxylic acids is 1. The van der Waals surface area contributed by atoms with Gasteiger partial charge in [0.1, 0.15) is 17.6 Å². The van der Waals surface area contributed by atoms with Crippen molar-refractivity contribution in [2.75, 3.05) is 13.1 Å². The molecule has 25 heavy (non-hydrogen) atoms. The van der Waals surface area contributed by atoms with E-state index in [1.165, 1.54) is 6.07 Å². The SMILES string of the molecule is Cc1cc(OC2CN(C(=O)CCc3ccc(Cl)cc3Cl)C2)cc(=O)o1. The van der Waals surface area contributed by atoms with Crippen LogP contribution in [0.15, 0.2) is 39.5 Å². The van der Waals surface area contributed by atoms with Crippen LogP contribution in [0.5, 0.6) is 5.75 Å². The molecule has 0 atom stereocenters. The van der Waals surface area contributed by atoms with E-state index in [4.69, 9.17) is 32.4 Å². The Hall–Kier alpha value is -1.98. The predicted octanol–water partition coefficient (Wildman–Crippen LogP) is 3.48. The van der Waals surface area contributed by atoms with E-state index >= 15 is 0 Å². The minimum atomic E-state index is -0.443. The molecule has 2 heterocycles. The third kappa shape index (κ3) is 4.55. The first-order valence-corrected chi connectivity index (χ1v) is 8.66. The monoisotopic (exact) mass is 381 g/mol.